The fraction of sp³-hybridized carbons (Fsp3) is 0.844. The normalized spacial score (nSPS) is 12.9. The van der Waals surface area contributed by atoms with Crippen molar-refractivity contribution in [3.63, 3.8) is 0 Å². The van der Waals surface area contributed by atoms with Crippen LogP contribution in [0.15, 0.2) is 48.6 Å². The average Bonchev–Trinajstić information content (AvgIpc) is 3.36. The first-order valence-electron chi connectivity index (χ1n) is 30.9. The maximum Gasteiger partial charge on any atom is 0.305 e. The molecule has 6 heteroatoms. The van der Waals surface area contributed by atoms with Crippen molar-refractivity contribution in [3.05, 3.63) is 48.6 Å². The molecule has 0 saturated heterocycles. The largest absolute Gasteiger partial charge is 0.466 e. The van der Waals surface area contributed by atoms with E-state index in [0.29, 0.717) is 19.4 Å². The number of ether oxygens (including phenoxy) is 1. The first-order valence-corrected chi connectivity index (χ1v) is 30.9. The second kappa shape index (κ2) is 59.4. The van der Waals surface area contributed by atoms with Crippen LogP contribution in [0, 0.1) is 0 Å². The molecule has 1 amide bonds. The summed E-state index contributed by atoms with van der Waals surface area (Å²) >= 11 is 0. The molecule has 2 atom stereocenters. The van der Waals surface area contributed by atoms with Crippen LogP contribution in [0.1, 0.15) is 322 Å². The standard InChI is InChI=1S/C64H119NO5/c1-3-5-7-9-11-13-15-17-19-20-21-22-23-24-25-29-32-36-40-44-48-52-56-62(67)61(60-66)65-63(68)57-53-49-45-41-37-33-30-26-27-31-35-39-43-47-51-55-59-70-64(69)58-54-50-46-42-38-34-28-18-16-14-12-10-8-6-4-2/h12,14,18,26,28,30,52,56,61-62,66-67H,3-11,13,15-17,19-25,27,29,31-51,53-55,57-60H2,1-2H3,(H,65,68)/b14-12-,28-18-,30-26-,56-52+. The summed E-state index contributed by atoms with van der Waals surface area (Å²) in [7, 11) is 0. The smallest absolute Gasteiger partial charge is 0.305 e. The van der Waals surface area contributed by atoms with Gasteiger partial charge in [0.25, 0.3) is 0 Å². The van der Waals surface area contributed by atoms with E-state index in [1.165, 1.54) is 225 Å². The van der Waals surface area contributed by atoms with E-state index in [-0.39, 0.29) is 18.5 Å². The van der Waals surface area contributed by atoms with Crippen molar-refractivity contribution in [2.75, 3.05) is 13.2 Å². The van der Waals surface area contributed by atoms with E-state index in [4.69, 9.17) is 4.74 Å². The molecule has 0 spiro atoms. The second-order valence-corrected chi connectivity index (χ2v) is 21.0. The molecule has 70 heavy (non-hydrogen) atoms. The third kappa shape index (κ3) is 55.1. The van der Waals surface area contributed by atoms with E-state index in [1.54, 1.807) is 6.08 Å². The summed E-state index contributed by atoms with van der Waals surface area (Å²) in [6.45, 7) is 4.86. The minimum absolute atomic E-state index is 0.0179. The van der Waals surface area contributed by atoms with E-state index >= 15 is 0 Å². The van der Waals surface area contributed by atoms with E-state index in [1.807, 2.05) is 6.08 Å². The molecule has 2 unspecified atom stereocenters. The minimum Gasteiger partial charge on any atom is -0.466 e. The van der Waals surface area contributed by atoms with Crippen LogP contribution < -0.4 is 5.32 Å². The maximum absolute atomic E-state index is 12.5. The Morgan fingerprint density at radius 2 is 0.714 bits per heavy atom. The molecule has 6 nitrogen and oxygen atoms in total. The number of amides is 1. The Hall–Kier alpha value is -2.18. The van der Waals surface area contributed by atoms with Gasteiger partial charge in [0.2, 0.25) is 5.91 Å². The number of aliphatic hydroxyl groups excluding tert-OH is 2. The molecule has 0 aromatic heterocycles. The zero-order valence-corrected chi connectivity index (χ0v) is 46.7. The molecular weight excluding hydrogens is 863 g/mol. The number of rotatable bonds is 57. The van der Waals surface area contributed by atoms with Gasteiger partial charge in [-0.3, -0.25) is 9.59 Å². The van der Waals surface area contributed by atoms with Crippen molar-refractivity contribution >= 4 is 11.9 Å². The van der Waals surface area contributed by atoms with Crippen LogP contribution in [0.3, 0.4) is 0 Å². The topological polar surface area (TPSA) is 95.9 Å². The predicted octanol–water partition coefficient (Wildman–Crippen LogP) is 19.4. The van der Waals surface area contributed by atoms with Gasteiger partial charge < -0.3 is 20.3 Å². The van der Waals surface area contributed by atoms with Gasteiger partial charge in [0.15, 0.2) is 0 Å². The minimum atomic E-state index is -0.857. The molecule has 0 aliphatic carbocycles. The molecule has 0 bridgehead atoms. The number of unbranched alkanes of at least 4 members (excludes halogenated alkanes) is 40. The number of allylic oxidation sites excluding steroid dienone is 7. The molecule has 0 aliphatic rings. The zero-order valence-electron chi connectivity index (χ0n) is 46.7. The Morgan fingerprint density at radius 3 is 1.13 bits per heavy atom. The van der Waals surface area contributed by atoms with E-state index in [2.05, 4.69) is 55.6 Å². The van der Waals surface area contributed by atoms with Crippen molar-refractivity contribution in [1.82, 2.24) is 5.32 Å². The SMILES string of the molecule is CCCCC/C=C\C/C=C\CCCCCCCC(=O)OCCCCCCCCC/C=C\CCCCCCCC(=O)NC(CO)C(O)/C=C/CCCCCCCCCCCCCCCCCCCCCC. The Balaban J connectivity index is 3.51. The van der Waals surface area contributed by atoms with Crippen molar-refractivity contribution < 1.29 is 24.5 Å². The first-order chi connectivity index (χ1) is 34.5. The quantitative estimate of drug-likeness (QED) is 0.0321. The Labute approximate surface area is 436 Å². The molecule has 0 aromatic rings. The third-order valence-corrected chi connectivity index (χ3v) is 14.1. The van der Waals surface area contributed by atoms with Crippen LogP contribution in [0.2, 0.25) is 0 Å². The van der Waals surface area contributed by atoms with Crippen molar-refractivity contribution in [3.8, 4) is 0 Å². The number of aliphatic hydroxyl groups is 2. The number of nitrogens with one attached hydrogen (secondary N) is 1. The molecule has 0 heterocycles. The van der Waals surface area contributed by atoms with Crippen LogP contribution in [0.5, 0.6) is 0 Å². The van der Waals surface area contributed by atoms with Gasteiger partial charge in [-0.2, -0.15) is 0 Å². The lowest BCUT2D eigenvalue weighted by atomic mass is 10.0. The van der Waals surface area contributed by atoms with Crippen LogP contribution in [0.4, 0.5) is 0 Å². The lowest BCUT2D eigenvalue weighted by Crippen LogP contribution is -2.45. The number of carbonyl (C=O) groups excluding carboxylic acids is 2. The summed E-state index contributed by atoms with van der Waals surface area (Å²) in [5.74, 6) is -0.102. The van der Waals surface area contributed by atoms with Gasteiger partial charge in [0.1, 0.15) is 0 Å². The fourth-order valence-electron chi connectivity index (χ4n) is 9.31. The zero-order chi connectivity index (χ0) is 50.7. The Bertz CT molecular complexity index is 1180. The highest BCUT2D eigenvalue weighted by Crippen LogP contribution is 2.17. The molecule has 0 aliphatic heterocycles. The summed E-state index contributed by atoms with van der Waals surface area (Å²) in [6, 6.07) is -0.643. The average molecular weight is 983 g/mol. The summed E-state index contributed by atoms with van der Waals surface area (Å²) < 4.78 is 5.46. The van der Waals surface area contributed by atoms with Crippen molar-refractivity contribution in [2.45, 2.75) is 334 Å². The second-order valence-electron chi connectivity index (χ2n) is 21.0. The number of carbonyl (C=O) groups is 2. The highest BCUT2D eigenvalue weighted by molar-refractivity contribution is 5.76. The van der Waals surface area contributed by atoms with Crippen molar-refractivity contribution in [1.29, 1.82) is 0 Å². The van der Waals surface area contributed by atoms with Gasteiger partial charge in [0.05, 0.1) is 25.4 Å². The van der Waals surface area contributed by atoms with Crippen LogP contribution in [0.25, 0.3) is 0 Å². The number of hydrogen-bond acceptors (Lipinski definition) is 5. The van der Waals surface area contributed by atoms with Crippen LogP contribution >= 0.6 is 0 Å². The summed E-state index contributed by atoms with van der Waals surface area (Å²) in [6.07, 6.45) is 75.7. The first kappa shape index (κ1) is 67.8. The number of hydrogen-bond donors (Lipinski definition) is 3. The predicted molar refractivity (Wildman–Crippen MR) is 306 cm³/mol. The van der Waals surface area contributed by atoms with Crippen LogP contribution in [-0.4, -0.2) is 47.4 Å². The lowest BCUT2D eigenvalue weighted by molar-refractivity contribution is -0.143. The molecular formula is C64H119NO5. The summed E-state index contributed by atoms with van der Waals surface area (Å²) in [4.78, 5) is 24.5. The van der Waals surface area contributed by atoms with Gasteiger partial charge in [-0.15, -0.1) is 0 Å². The van der Waals surface area contributed by atoms with E-state index < -0.39 is 12.1 Å². The van der Waals surface area contributed by atoms with Gasteiger partial charge in [-0.1, -0.05) is 268 Å². The molecule has 0 aromatic carbocycles. The van der Waals surface area contributed by atoms with Gasteiger partial charge in [0, 0.05) is 12.8 Å². The monoisotopic (exact) mass is 982 g/mol. The molecule has 0 fully saturated rings. The van der Waals surface area contributed by atoms with Gasteiger partial charge >= 0.3 is 5.97 Å². The third-order valence-electron chi connectivity index (χ3n) is 14.1. The maximum atomic E-state index is 12.5. The fourth-order valence-corrected chi connectivity index (χ4v) is 9.31. The Morgan fingerprint density at radius 1 is 0.400 bits per heavy atom. The molecule has 410 valence electrons. The van der Waals surface area contributed by atoms with Crippen molar-refractivity contribution in [2.24, 2.45) is 0 Å². The Kier molecular flexibility index (Phi) is 57.5. The molecule has 0 saturated carbocycles. The van der Waals surface area contributed by atoms with Crippen LogP contribution in [-0.2, 0) is 14.3 Å². The highest BCUT2D eigenvalue weighted by Gasteiger charge is 2.18. The summed E-state index contributed by atoms with van der Waals surface area (Å²) in [5, 5.41) is 23.2. The molecule has 3 N–H and O–H groups in total. The summed E-state index contributed by atoms with van der Waals surface area (Å²) in [5.41, 5.74) is 0. The van der Waals surface area contributed by atoms with E-state index in [0.717, 1.165) is 70.6 Å². The number of esters is 1. The van der Waals surface area contributed by atoms with E-state index in [9.17, 15) is 19.8 Å². The molecule has 0 radical (unpaired) electrons. The molecule has 0 rings (SSSR count). The van der Waals surface area contributed by atoms with Gasteiger partial charge in [-0.25, -0.2) is 0 Å². The lowest BCUT2D eigenvalue weighted by Gasteiger charge is -2.20. The van der Waals surface area contributed by atoms with Gasteiger partial charge in [-0.05, 0) is 89.9 Å². The highest BCUT2D eigenvalue weighted by atomic mass is 16.5.